The van der Waals surface area contributed by atoms with Crippen LogP contribution in [0.15, 0.2) is 47.5 Å². The van der Waals surface area contributed by atoms with Crippen LogP contribution in [0.4, 0.5) is 11.5 Å². The predicted octanol–water partition coefficient (Wildman–Crippen LogP) is 2.94. The van der Waals surface area contributed by atoms with Crippen LogP contribution in [0.1, 0.15) is 36.5 Å². The molecule has 0 radical (unpaired) electrons. The van der Waals surface area contributed by atoms with Crippen LogP contribution >= 0.6 is 0 Å². The van der Waals surface area contributed by atoms with Gasteiger partial charge in [0.2, 0.25) is 10.0 Å². The van der Waals surface area contributed by atoms with E-state index in [9.17, 15) is 13.2 Å². The van der Waals surface area contributed by atoms with E-state index in [1.54, 1.807) is 18.3 Å². The lowest BCUT2D eigenvalue weighted by atomic mass is 10.2. The number of nitrogens with one attached hydrogen (secondary N) is 2. The van der Waals surface area contributed by atoms with Gasteiger partial charge in [0.25, 0.3) is 5.91 Å². The van der Waals surface area contributed by atoms with Gasteiger partial charge < -0.3 is 10.6 Å². The number of sulfonamides is 1. The third-order valence-electron chi connectivity index (χ3n) is 4.40. The van der Waals surface area contributed by atoms with Gasteiger partial charge in [-0.05, 0) is 55.7 Å². The van der Waals surface area contributed by atoms with Gasteiger partial charge in [0.05, 0.1) is 16.8 Å². The molecule has 2 heterocycles. The largest absolute Gasteiger partial charge is 0.370 e. The highest BCUT2D eigenvalue weighted by molar-refractivity contribution is 7.89. The lowest BCUT2D eigenvalue weighted by Crippen LogP contribution is -2.27. The average molecular weight is 388 g/mol. The van der Waals surface area contributed by atoms with Gasteiger partial charge in [-0.2, -0.15) is 4.31 Å². The van der Waals surface area contributed by atoms with Crippen molar-refractivity contribution in [2.75, 3.05) is 30.3 Å². The zero-order valence-electron chi connectivity index (χ0n) is 15.3. The maximum absolute atomic E-state index is 12.5. The molecule has 7 nitrogen and oxygen atoms in total. The topological polar surface area (TPSA) is 91.4 Å². The summed E-state index contributed by atoms with van der Waals surface area (Å²) in [6.07, 6.45) is 4.37. The number of rotatable bonds is 7. The Bertz CT molecular complexity index is 874. The van der Waals surface area contributed by atoms with Gasteiger partial charge in [-0.15, -0.1) is 0 Å². The first-order chi connectivity index (χ1) is 13.0. The van der Waals surface area contributed by atoms with Crippen molar-refractivity contribution < 1.29 is 13.2 Å². The summed E-state index contributed by atoms with van der Waals surface area (Å²) in [5.41, 5.74) is 0.972. The minimum absolute atomic E-state index is 0.217. The van der Waals surface area contributed by atoms with Crippen molar-refractivity contribution in [1.82, 2.24) is 9.29 Å². The fourth-order valence-corrected chi connectivity index (χ4v) is 4.40. The summed E-state index contributed by atoms with van der Waals surface area (Å²) in [6.45, 7) is 4.02. The SMILES string of the molecule is CCCNc1ccc(NC(=O)c2ccc(S(=O)(=O)N3CCCC3)cc2)cn1. The Kier molecular flexibility index (Phi) is 6.08. The highest BCUT2D eigenvalue weighted by Gasteiger charge is 2.27. The van der Waals surface area contributed by atoms with Crippen molar-refractivity contribution in [2.45, 2.75) is 31.1 Å². The Morgan fingerprint density at radius 1 is 1.11 bits per heavy atom. The molecule has 1 aromatic carbocycles. The van der Waals surface area contributed by atoms with Crippen molar-refractivity contribution >= 4 is 27.4 Å². The first kappa shape index (κ1) is 19.3. The summed E-state index contributed by atoms with van der Waals surface area (Å²) in [5.74, 6) is 0.447. The van der Waals surface area contributed by atoms with Crippen LogP contribution in [0.5, 0.6) is 0 Å². The maximum atomic E-state index is 12.5. The summed E-state index contributed by atoms with van der Waals surface area (Å²) >= 11 is 0. The van der Waals surface area contributed by atoms with E-state index in [-0.39, 0.29) is 10.8 Å². The Morgan fingerprint density at radius 3 is 2.41 bits per heavy atom. The molecule has 1 aliphatic rings. The second-order valence-corrected chi connectivity index (χ2v) is 8.39. The Morgan fingerprint density at radius 2 is 1.81 bits per heavy atom. The lowest BCUT2D eigenvalue weighted by Gasteiger charge is -2.15. The molecule has 1 aromatic heterocycles. The Hall–Kier alpha value is -2.45. The molecule has 1 aliphatic heterocycles. The fourth-order valence-electron chi connectivity index (χ4n) is 2.88. The molecule has 8 heteroatoms. The van der Waals surface area contributed by atoms with Crippen molar-refractivity contribution in [2.24, 2.45) is 0 Å². The molecule has 0 bridgehead atoms. The van der Waals surface area contributed by atoms with Crippen molar-refractivity contribution in [3.05, 3.63) is 48.2 Å². The zero-order chi connectivity index (χ0) is 19.3. The molecule has 0 unspecified atom stereocenters. The molecule has 2 N–H and O–H groups in total. The minimum atomic E-state index is -3.47. The van der Waals surface area contributed by atoms with Crippen LogP contribution in [0.25, 0.3) is 0 Å². The summed E-state index contributed by atoms with van der Waals surface area (Å²) in [6, 6.07) is 9.61. The van der Waals surface area contributed by atoms with E-state index in [0.717, 1.165) is 31.6 Å². The van der Waals surface area contributed by atoms with E-state index < -0.39 is 10.0 Å². The number of aromatic nitrogens is 1. The summed E-state index contributed by atoms with van der Waals surface area (Å²) < 4.78 is 26.5. The lowest BCUT2D eigenvalue weighted by molar-refractivity contribution is 0.102. The highest BCUT2D eigenvalue weighted by Crippen LogP contribution is 2.21. The van der Waals surface area contributed by atoms with Crippen LogP contribution in [0.2, 0.25) is 0 Å². The van der Waals surface area contributed by atoms with Gasteiger partial charge in [-0.25, -0.2) is 13.4 Å². The summed E-state index contributed by atoms with van der Waals surface area (Å²) in [7, 11) is -3.47. The second-order valence-electron chi connectivity index (χ2n) is 6.45. The quantitative estimate of drug-likeness (QED) is 0.761. The molecule has 27 heavy (non-hydrogen) atoms. The third kappa shape index (κ3) is 4.64. The number of nitrogens with zero attached hydrogens (tertiary/aromatic N) is 2. The monoisotopic (exact) mass is 388 g/mol. The number of amides is 1. The minimum Gasteiger partial charge on any atom is -0.370 e. The van der Waals surface area contributed by atoms with Crippen LogP contribution in [-0.2, 0) is 10.0 Å². The third-order valence-corrected chi connectivity index (χ3v) is 6.31. The van der Waals surface area contributed by atoms with Gasteiger partial charge in [-0.3, -0.25) is 4.79 Å². The normalized spacial score (nSPS) is 14.9. The number of hydrogen-bond acceptors (Lipinski definition) is 5. The average Bonchev–Trinajstić information content (AvgIpc) is 3.23. The number of carbonyl (C=O) groups is 1. The number of anilines is 2. The molecule has 1 saturated heterocycles. The van der Waals surface area contributed by atoms with Gasteiger partial charge in [0, 0.05) is 25.2 Å². The molecule has 0 spiro atoms. The van der Waals surface area contributed by atoms with Crippen molar-refractivity contribution in [3.8, 4) is 0 Å². The van der Waals surface area contributed by atoms with Crippen LogP contribution < -0.4 is 10.6 Å². The van der Waals surface area contributed by atoms with E-state index in [2.05, 4.69) is 22.5 Å². The predicted molar refractivity (Wildman–Crippen MR) is 105 cm³/mol. The standard InChI is InChI=1S/C19H24N4O3S/c1-2-11-20-18-10-7-16(14-21-18)22-19(24)15-5-8-17(9-6-15)27(25,26)23-12-3-4-13-23/h5-10,14H,2-4,11-13H2,1H3,(H,20,21)(H,22,24). The Labute approximate surface area is 159 Å². The van der Waals surface area contributed by atoms with Gasteiger partial charge >= 0.3 is 0 Å². The molecule has 1 fully saturated rings. The van der Waals surface area contributed by atoms with Gasteiger partial charge in [-0.1, -0.05) is 6.92 Å². The van der Waals surface area contributed by atoms with E-state index in [1.807, 2.05) is 0 Å². The molecule has 0 atom stereocenters. The van der Waals surface area contributed by atoms with Crippen LogP contribution in [-0.4, -0.2) is 43.2 Å². The van der Waals surface area contributed by atoms with Crippen molar-refractivity contribution in [3.63, 3.8) is 0 Å². The number of benzene rings is 1. The fraction of sp³-hybridized carbons (Fsp3) is 0.368. The van der Waals surface area contributed by atoms with Gasteiger partial charge in [0.1, 0.15) is 5.82 Å². The number of carbonyl (C=O) groups excluding carboxylic acids is 1. The molecule has 0 saturated carbocycles. The molecule has 0 aliphatic carbocycles. The number of hydrogen-bond donors (Lipinski definition) is 2. The first-order valence-electron chi connectivity index (χ1n) is 9.12. The summed E-state index contributed by atoms with van der Waals surface area (Å²) in [4.78, 5) is 16.8. The molecule has 2 aromatic rings. The van der Waals surface area contributed by atoms with E-state index in [4.69, 9.17) is 0 Å². The molecule has 3 rings (SSSR count). The first-order valence-corrected chi connectivity index (χ1v) is 10.6. The maximum Gasteiger partial charge on any atom is 0.255 e. The molecular weight excluding hydrogens is 364 g/mol. The molecule has 144 valence electrons. The molecule has 1 amide bonds. The summed E-state index contributed by atoms with van der Waals surface area (Å²) in [5, 5.41) is 5.93. The smallest absolute Gasteiger partial charge is 0.255 e. The Balaban J connectivity index is 1.65. The van der Waals surface area contributed by atoms with Crippen LogP contribution in [0, 0.1) is 0 Å². The second kappa shape index (κ2) is 8.49. The van der Waals surface area contributed by atoms with Crippen molar-refractivity contribution in [1.29, 1.82) is 0 Å². The van der Waals surface area contributed by atoms with E-state index >= 15 is 0 Å². The molecular formula is C19H24N4O3S. The van der Waals surface area contributed by atoms with E-state index in [0.29, 0.717) is 24.3 Å². The zero-order valence-corrected chi connectivity index (χ0v) is 16.1. The highest BCUT2D eigenvalue weighted by atomic mass is 32.2. The van der Waals surface area contributed by atoms with Crippen LogP contribution in [0.3, 0.4) is 0 Å². The number of pyridine rings is 1. The van der Waals surface area contributed by atoms with Gasteiger partial charge in [0.15, 0.2) is 0 Å². The van der Waals surface area contributed by atoms with E-state index in [1.165, 1.54) is 28.6 Å².